The van der Waals surface area contributed by atoms with E-state index in [0.29, 0.717) is 25.4 Å². The van der Waals surface area contributed by atoms with Gasteiger partial charge in [0.05, 0.1) is 29.4 Å². The lowest BCUT2D eigenvalue weighted by molar-refractivity contribution is 0.0704. The van der Waals surface area contributed by atoms with E-state index in [1.165, 1.54) is 19.9 Å². The summed E-state index contributed by atoms with van der Waals surface area (Å²) in [6.45, 7) is 3.88. The smallest absolute Gasteiger partial charge is 0.170 e. The van der Waals surface area contributed by atoms with Crippen molar-refractivity contribution >= 4 is 11.6 Å². The van der Waals surface area contributed by atoms with Gasteiger partial charge in [-0.15, -0.1) is 0 Å². The van der Waals surface area contributed by atoms with Crippen molar-refractivity contribution in [3.63, 3.8) is 0 Å². The fourth-order valence-corrected chi connectivity index (χ4v) is 1.99. The van der Waals surface area contributed by atoms with E-state index >= 15 is 0 Å². The first kappa shape index (κ1) is 12.5. The minimum atomic E-state index is -1.38. The van der Waals surface area contributed by atoms with Crippen molar-refractivity contribution in [2.24, 2.45) is 0 Å². The van der Waals surface area contributed by atoms with Crippen molar-refractivity contribution in [3.8, 4) is 11.5 Å². The van der Waals surface area contributed by atoms with E-state index in [1.54, 1.807) is 0 Å². The van der Waals surface area contributed by atoms with E-state index in [2.05, 4.69) is 0 Å². The monoisotopic (exact) mass is 260 g/mol. The van der Waals surface area contributed by atoms with E-state index in [-0.39, 0.29) is 16.3 Å². The second-order valence-electron chi connectivity index (χ2n) is 4.48. The van der Waals surface area contributed by atoms with Crippen LogP contribution in [0, 0.1) is 5.82 Å². The predicted molar refractivity (Wildman–Crippen MR) is 62.3 cm³/mol. The van der Waals surface area contributed by atoms with Crippen molar-refractivity contribution in [2.45, 2.75) is 25.9 Å². The minimum Gasteiger partial charge on any atom is -0.489 e. The van der Waals surface area contributed by atoms with Crippen LogP contribution in [0.15, 0.2) is 6.07 Å². The molecule has 0 atom stereocenters. The Morgan fingerprint density at radius 3 is 2.65 bits per heavy atom. The third-order valence-corrected chi connectivity index (χ3v) is 2.82. The maximum Gasteiger partial charge on any atom is 0.170 e. The van der Waals surface area contributed by atoms with Crippen molar-refractivity contribution in [2.75, 3.05) is 13.2 Å². The van der Waals surface area contributed by atoms with Crippen molar-refractivity contribution < 1.29 is 19.0 Å². The molecule has 0 amide bonds. The van der Waals surface area contributed by atoms with Gasteiger partial charge in [-0.25, -0.2) is 4.39 Å². The Balaban J connectivity index is 2.66. The second-order valence-corrected chi connectivity index (χ2v) is 4.89. The van der Waals surface area contributed by atoms with E-state index in [1.807, 2.05) is 0 Å². The Bertz CT molecular complexity index is 440. The molecule has 0 spiro atoms. The topological polar surface area (TPSA) is 38.7 Å². The van der Waals surface area contributed by atoms with E-state index < -0.39 is 11.4 Å². The number of hydrogen-bond acceptors (Lipinski definition) is 3. The van der Waals surface area contributed by atoms with Gasteiger partial charge in [0, 0.05) is 12.5 Å². The molecule has 0 radical (unpaired) electrons. The van der Waals surface area contributed by atoms with Gasteiger partial charge in [0.25, 0.3) is 0 Å². The Kier molecular flexibility index (Phi) is 3.19. The highest BCUT2D eigenvalue weighted by Gasteiger charge is 2.31. The highest BCUT2D eigenvalue weighted by molar-refractivity contribution is 6.31. The van der Waals surface area contributed by atoms with Crippen molar-refractivity contribution in [1.82, 2.24) is 0 Å². The Labute approximate surface area is 104 Å². The van der Waals surface area contributed by atoms with E-state index in [4.69, 9.17) is 21.1 Å². The zero-order chi connectivity index (χ0) is 12.6. The summed E-state index contributed by atoms with van der Waals surface area (Å²) in [6, 6.07) is 1.38. The van der Waals surface area contributed by atoms with Crippen molar-refractivity contribution in [1.29, 1.82) is 0 Å². The SMILES string of the molecule is CC(C)(O)c1c(F)c(Cl)cc2c1OCCCO2. The lowest BCUT2D eigenvalue weighted by atomic mass is 9.96. The van der Waals surface area contributed by atoms with Crippen LogP contribution in [0.25, 0.3) is 0 Å². The summed E-state index contributed by atoms with van der Waals surface area (Å²) in [5.74, 6) is -0.0358. The first-order valence-corrected chi connectivity index (χ1v) is 5.79. The average Bonchev–Trinajstić information content (AvgIpc) is 2.42. The standard InChI is InChI=1S/C12H14ClFO3/c1-12(2,15)9-10(14)7(13)6-8-11(9)17-5-3-4-16-8/h6,15H,3-5H2,1-2H3. The van der Waals surface area contributed by atoms with Gasteiger partial charge in [0.2, 0.25) is 0 Å². The molecule has 2 rings (SSSR count). The van der Waals surface area contributed by atoms with Gasteiger partial charge in [0.1, 0.15) is 0 Å². The quantitative estimate of drug-likeness (QED) is 0.844. The van der Waals surface area contributed by atoms with Gasteiger partial charge >= 0.3 is 0 Å². The van der Waals surface area contributed by atoms with Crippen LogP contribution in [0.1, 0.15) is 25.8 Å². The predicted octanol–water partition coefficient (Wildman–Crippen LogP) is 2.87. The van der Waals surface area contributed by atoms with Crippen LogP contribution in [0.2, 0.25) is 5.02 Å². The zero-order valence-corrected chi connectivity index (χ0v) is 10.5. The minimum absolute atomic E-state index is 0.0434. The molecule has 0 aliphatic carbocycles. The number of ether oxygens (including phenoxy) is 2. The lowest BCUT2D eigenvalue weighted by Gasteiger charge is -2.23. The fourth-order valence-electron chi connectivity index (χ4n) is 1.80. The highest BCUT2D eigenvalue weighted by Crippen LogP contribution is 2.43. The molecule has 17 heavy (non-hydrogen) atoms. The number of rotatable bonds is 1. The molecule has 0 saturated carbocycles. The molecule has 1 aliphatic heterocycles. The lowest BCUT2D eigenvalue weighted by Crippen LogP contribution is -2.19. The van der Waals surface area contributed by atoms with Gasteiger partial charge in [-0.05, 0) is 13.8 Å². The number of fused-ring (bicyclic) bond motifs is 1. The van der Waals surface area contributed by atoms with Crippen LogP contribution in [0.4, 0.5) is 4.39 Å². The summed E-state index contributed by atoms with van der Waals surface area (Å²) >= 11 is 5.79. The molecular weight excluding hydrogens is 247 g/mol. The number of hydrogen-bond donors (Lipinski definition) is 1. The molecule has 3 nitrogen and oxygen atoms in total. The van der Waals surface area contributed by atoms with Gasteiger partial charge in [-0.3, -0.25) is 0 Å². The molecule has 0 aromatic heterocycles. The summed E-state index contributed by atoms with van der Waals surface area (Å²) in [4.78, 5) is 0. The number of halogens is 2. The van der Waals surface area contributed by atoms with Gasteiger partial charge in [-0.2, -0.15) is 0 Å². The molecule has 1 aliphatic rings. The third-order valence-electron chi connectivity index (χ3n) is 2.54. The normalized spacial score (nSPS) is 15.6. The molecule has 1 aromatic rings. The van der Waals surface area contributed by atoms with Gasteiger partial charge in [0.15, 0.2) is 17.3 Å². The Hall–Kier alpha value is -1.00. The third kappa shape index (κ3) is 2.33. The van der Waals surface area contributed by atoms with Gasteiger partial charge < -0.3 is 14.6 Å². The summed E-state index contributed by atoms with van der Waals surface area (Å²) in [5, 5.41) is 9.93. The molecule has 94 valence electrons. The molecular formula is C12H14ClFO3. The van der Waals surface area contributed by atoms with Gasteiger partial charge in [-0.1, -0.05) is 11.6 Å². The number of aliphatic hydroxyl groups is 1. The first-order valence-electron chi connectivity index (χ1n) is 5.41. The molecule has 0 fully saturated rings. The summed E-state index contributed by atoms with van der Waals surface area (Å²) < 4.78 is 24.9. The largest absolute Gasteiger partial charge is 0.489 e. The van der Waals surface area contributed by atoms with Crippen LogP contribution < -0.4 is 9.47 Å². The molecule has 0 bridgehead atoms. The van der Waals surface area contributed by atoms with Crippen LogP contribution in [-0.2, 0) is 5.60 Å². The molecule has 1 N–H and O–H groups in total. The molecule has 1 aromatic carbocycles. The van der Waals surface area contributed by atoms with Crippen LogP contribution in [0.3, 0.4) is 0 Å². The van der Waals surface area contributed by atoms with Crippen molar-refractivity contribution in [3.05, 3.63) is 22.5 Å². The Morgan fingerprint density at radius 2 is 2.00 bits per heavy atom. The first-order chi connectivity index (χ1) is 7.91. The van der Waals surface area contributed by atoms with E-state index in [9.17, 15) is 9.50 Å². The maximum atomic E-state index is 14.0. The maximum absolute atomic E-state index is 14.0. The summed E-state index contributed by atoms with van der Waals surface area (Å²) in [7, 11) is 0. The molecule has 1 heterocycles. The summed E-state index contributed by atoms with van der Waals surface area (Å²) in [6.07, 6.45) is 0.708. The van der Waals surface area contributed by atoms with Crippen LogP contribution in [-0.4, -0.2) is 18.3 Å². The fraction of sp³-hybridized carbons (Fsp3) is 0.500. The summed E-state index contributed by atoms with van der Waals surface area (Å²) in [5.41, 5.74) is -1.34. The number of benzene rings is 1. The zero-order valence-electron chi connectivity index (χ0n) is 9.72. The average molecular weight is 261 g/mol. The van der Waals surface area contributed by atoms with Crippen LogP contribution in [0.5, 0.6) is 11.5 Å². The van der Waals surface area contributed by atoms with E-state index in [0.717, 1.165) is 0 Å². The highest BCUT2D eigenvalue weighted by atomic mass is 35.5. The Morgan fingerprint density at radius 1 is 1.35 bits per heavy atom. The second kappa shape index (κ2) is 4.35. The molecule has 5 heteroatoms. The van der Waals surface area contributed by atoms with Crippen LogP contribution >= 0.6 is 11.6 Å². The molecule has 0 saturated heterocycles. The molecule has 0 unspecified atom stereocenters.